The number of phenols is 1. The number of hydrogen-bond acceptors (Lipinski definition) is 6. The lowest BCUT2D eigenvalue weighted by molar-refractivity contribution is -0.123. The second-order valence-corrected chi connectivity index (χ2v) is 5.41. The number of benzene rings is 2. The molecule has 0 atom stereocenters. The van der Waals surface area contributed by atoms with Crippen LogP contribution < -0.4 is 14.9 Å². The van der Waals surface area contributed by atoms with E-state index < -0.39 is 5.91 Å². The van der Waals surface area contributed by atoms with Crippen LogP contribution in [0.15, 0.2) is 41.5 Å². The molecule has 0 radical (unpaired) electrons. The van der Waals surface area contributed by atoms with Crippen molar-refractivity contribution in [2.45, 2.75) is 6.92 Å². The summed E-state index contributed by atoms with van der Waals surface area (Å²) in [7, 11) is 0. The Morgan fingerprint density at radius 3 is 2.73 bits per heavy atom. The van der Waals surface area contributed by atoms with Crippen molar-refractivity contribution < 1.29 is 19.4 Å². The predicted octanol–water partition coefficient (Wildman–Crippen LogP) is 2.85. The minimum Gasteiger partial charge on any atom is -0.503 e. The summed E-state index contributed by atoms with van der Waals surface area (Å²) in [6, 6.07) is 11.4. The van der Waals surface area contributed by atoms with Gasteiger partial charge in [-0.15, -0.1) is 0 Å². The number of amides is 1. The fraction of sp³-hybridized carbons (Fsp3) is 0.167. The molecular formula is C18H16ClN3O4. The Balaban J connectivity index is 1.89. The number of carbonyl (C=O) groups excluding carboxylic acids is 1. The van der Waals surface area contributed by atoms with Crippen LogP contribution in [0.3, 0.4) is 0 Å². The van der Waals surface area contributed by atoms with E-state index >= 15 is 0 Å². The maximum absolute atomic E-state index is 11.7. The number of hydrogen-bond donors (Lipinski definition) is 2. The van der Waals surface area contributed by atoms with E-state index in [1.807, 2.05) is 6.07 Å². The van der Waals surface area contributed by atoms with Crippen LogP contribution in [-0.4, -0.2) is 30.4 Å². The third kappa shape index (κ3) is 5.40. The van der Waals surface area contributed by atoms with Crippen LogP contribution in [0.25, 0.3) is 0 Å². The van der Waals surface area contributed by atoms with E-state index in [0.29, 0.717) is 23.5 Å². The second-order valence-electron chi connectivity index (χ2n) is 5.00. The van der Waals surface area contributed by atoms with Crippen molar-refractivity contribution >= 4 is 23.7 Å². The minimum atomic E-state index is -0.458. The largest absolute Gasteiger partial charge is 0.503 e. The molecule has 0 saturated carbocycles. The molecule has 134 valence electrons. The fourth-order valence-corrected chi connectivity index (χ4v) is 2.14. The summed E-state index contributed by atoms with van der Waals surface area (Å²) in [4.78, 5) is 11.7. The molecule has 1 amide bonds. The molecule has 0 bridgehead atoms. The van der Waals surface area contributed by atoms with Crippen LogP contribution in [0, 0.1) is 11.3 Å². The molecule has 0 aliphatic carbocycles. The van der Waals surface area contributed by atoms with Gasteiger partial charge in [0, 0.05) is 0 Å². The maximum Gasteiger partial charge on any atom is 0.277 e. The van der Waals surface area contributed by atoms with Crippen molar-refractivity contribution in [1.29, 1.82) is 5.26 Å². The van der Waals surface area contributed by atoms with Gasteiger partial charge in [0.2, 0.25) is 0 Å². The van der Waals surface area contributed by atoms with Crippen molar-refractivity contribution in [3.05, 3.63) is 52.5 Å². The Bertz CT molecular complexity index is 845. The Morgan fingerprint density at radius 2 is 2.08 bits per heavy atom. The van der Waals surface area contributed by atoms with Crippen molar-refractivity contribution in [1.82, 2.24) is 5.43 Å². The third-order valence-electron chi connectivity index (χ3n) is 3.11. The van der Waals surface area contributed by atoms with Gasteiger partial charge in [-0.2, -0.15) is 10.4 Å². The van der Waals surface area contributed by atoms with Gasteiger partial charge in [-0.25, -0.2) is 5.43 Å². The van der Waals surface area contributed by atoms with Gasteiger partial charge in [-0.1, -0.05) is 11.6 Å². The summed E-state index contributed by atoms with van der Waals surface area (Å²) in [5, 5.41) is 22.4. The number of nitriles is 1. The zero-order chi connectivity index (χ0) is 18.9. The molecule has 0 unspecified atom stereocenters. The Morgan fingerprint density at radius 1 is 1.35 bits per heavy atom. The molecule has 2 N–H and O–H groups in total. The summed E-state index contributed by atoms with van der Waals surface area (Å²) >= 11 is 5.92. The van der Waals surface area contributed by atoms with Crippen molar-refractivity contribution in [2.24, 2.45) is 5.10 Å². The highest BCUT2D eigenvalue weighted by atomic mass is 35.5. The molecule has 2 rings (SSSR count). The fourth-order valence-electron chi connectivity index (χ4n) is 1.92. The number of rotatable bonds is 7. The van der Waals surface area contributed by atoms with Crippen molar-refractivity contribution in [3.8, 4) is 23.3 Å². The van der Waals surface area contributed by atoms with E-state index in [0.717, 1.165) is 0 Å². The maximum atomic E-state index is 11.7. The summed E-state index contributed by atoms with van der Waals surface area (Å²) < 4.78 is 10.6. The zero-order valence-electron chi connectivity index (χ0n) is 13.9. The van der Waals surface area contributed by atoms with Gasteiger partial charge in [0.05, 0.1) is 29.5 Å². The molecule has 0 heterocycles. The van der Waals surface area contributed by atoms with Crippen molar-refractivity contribution in [3.63, 3.8) is 0 Å². The highest BCUT2D eigenvalue weighted by Crippen LogP contribution is 2.34. The number of aromatic hydroxyl groups is 1. The molecule has 26 heavy (non-hydrogen) atoms. The molecule has 7 nitrogen and oxygen atoms in total. The number of phenolic OH excluding ortho intramolecular Hbond substituents is 1. The molecule has 0 aromatic heterocycles. The quantitative estimate of drug-likeness (QED) is 0.573. The third-order valence-corrected chi connectivity index (χ3v) is 3.39. The molecular weight excluding hydrogens is 358 g/mol. The average molecular weight is 374 g/mol. The molecule has 0 aliphatic rings. The van der Waals surface area contributed by atoms with E-state index in [2.05, 4.69) is 10.5 Å². The Hall–Kier alpha value is -3.24. The lowest BCUT2D eigenvalue weighted by Gasteiger charge is -2.08. The van der Waals surface area contributed by atoms with E-state index in [4.69, 9.17) is 26.3 Å². The number of hydrazone groups is 1. The van der Waals surface area contributed by atoms with Gasteiger partial charge in [0.15, 0.2) is 18.1 Å². The van der Waals surface area contributed by atoms with Crippen LogP contribution in [0.5, 0.6) is 17.2 Å². The minimum absolute atomic E-state index is 0.118. The molecule has 0 fully saturated rings. The molecule has 8 heteroatoms. The van der Waals surface area contributed by atoms with E-state index in [9.17, 15) is 9.90 Å². The van der Waals surface area contributed by atoms with Gasteiger partial charge in [0.1, 0.15) is 5.75 Å². The first-order valence-corrected chi connectivity index (χ1v) is 8.01. The predicted molar refractivity (Wildman–Crippen MR) is 96.7 cm³/mol. The number of carbonyl (C=O) groups is 1. The summed E-state index contributed by atoms with van der Waals surface area (Å²) in [5.74, 6) is 0.0952. The lowest BCUT2D eigenvalue weighted by atomic mass is 10.2. The summed E-state index contributed by atoms with van der Waals surface area (Å²) in [6.45, 7) is 1.92. The first-order chi connectivity index (χ1) is 12.5. The van der Waals surface area contributed by atoms with Crippen LogP contribution in [0.2, 0.25) is 5.02 Å². The molecule has 0 saturated heterocycles. The normalized spacial score (nSPS) is 10.3. The highest BCUT2D eigenvalue weighted by Gasteiger charge is 2.08. The van der Waals surface area contributed by atoms with Crippen LogP contribution in [0.4, 0.5) is 0 Å². The van der Waals surface area contributed by atoms with Gasteiger partial charge >= 0.3 is 0 Å². The van der Waals surface area contributed by atoms with E-state index in [-0.39, 0.29) is 23.1 Å². The summed E-state index contributed by atoms with van der Waals surface area (Å²) in [6.07, 6.45) is 1.37. The number of nitrogens with zero attached hydrogens (tertiary/aromatic N) is 2. The molecule has 0 aliphatic heterocycles. The van der Waals surface area contributed by atoms with Crippen LogP contribution >= 0.6 is 11.6 Å². The van der Waals surface area contributed by atoms with Gasteiger partial charge < -0.3 is 14.6 Å². The molecule has 0 spiro atoms. The average Bonchev–Trinajstić information content (AvgIpc) is 2.64. The van der Waals surface area contributed by atoms with Gasteiger partial charge in [-0.3, -0.25) is 4.79 Å². The highest BCUT2D eigenvalue weighted by molar-refractivity contribution is 6.32. The molecule has 2 aromatic rings. The number of halogens is 1. The topological polar surface area (TPSA) is 104 Å². The van der Waals surface area contributed by atoms with Crippen molar-refractivity contribution in [2.75, 3.05) is 13.2 Å². The monoisotopic (exact) mass is 373 g/mol. The second kappa shape index (κ2) is 9.30. The zero-order valence-corrected chi connectivity index (χ0v) is 14.7. The standard InChI is InChI=1S/C18H16ClN3O4/c1-2-25-16-8-13(7-15(19)18(16)24)10-21-22-17(23)11-26-14-5-3-12(9-20)4-6-14/h3-8,10,24H,2,11H2,1H3,(H,22,23)/b21-10+. The lowest BCUT2D eigenvalue weighted by Crippen LogP contribution is -2.24. The van der Waals surface area contributed by atoms with Gasteiger partial charge in [0.25, 0.3) is 5.91 Å². The van der Waals surface area contributed by atoms with Gasteiger partial charge in [-0.05, 0) is 48.9 Å². The smallest absolute Gasteiger partial charge is 0.277 e. The number of nitrogens with one attached hydrogen (secondary N) is 1. The number of ether oxygens (including phenoxy) is 2. The molecule has 2 aromatic carbocycles. The SMILES string of the molecule is CCOc1cc(/C=N/NC(=O)COc2ccc(C#N)cc2)cc(Cl)c1O. The Labute approximate surface area is 155 Å². The van der Waals surface area contributed by atoms with Crippen LogP contribution in [0.1, 0.15) is 18.1 Å². The first kappa shape index (κ1) is 19.1. The van der Waals surface area contributed by atoms with E-state index in [1.165, 1.54) is 12.3 Å². The van der Waals surface area contributed by atoms with Crippen LogP contribution in [-0.2, 0) is 4.79 Å². The Kier molecular flexibility index (Phi) is 6.83. The first-order valence-electron chi connectivity index (χ1n) is 7.63. The summed E-state index contributed by atoms with van der Waals surface area (Å²) in [5.41, 5.74) is 3.37. The van der Waals surface area contributed by atoms with E-state index in [1.54, 1.807) is 37.3 Å².